The highest BCUT2D eigenvalue weighted by molar-refractivity contribution is 6.30. The monoisotopic (exact) mass is 341 g/mol. The van der Waals surface area contributed by atoms with E-state index in [1.54, 1.807) is 12.1 Å². The summed E-state index contributed by atoms with van der Waals surface area (Å²) in [6.45, 7) is 8.33. The molecule has 0 bridgehead atoms. The molecule has 0 saturated heterocycles. The van der Waals surface area contributed by atoms with Crippen LogP contribution in [-0.4, -0.2) is 4.57 Å². The van der Waals surface area contributed by atoms with E-state index < -0.39 is 0 Å². The van der Waals surface area contributed by atoms with Crippen molar-refractivity contribution >= 4 is 11.6 Å². The van der Waals surface area contributed by atoms with Gasteiger partial charge in [0.15, 0.2) is 0 Å². The van der Waals surface area contributed by atoms with Crippen molar-refractivity contribution in [2.75, 3.05) is 0 Å². The first-order valence-electron chi connectivity index (χ1n) is 8.12. The fourth-order valence-corrected chi connectivity index (χ4v) is 3.46. The van der Waals surface area contributed by atoms with Gasteiger partial charge in [0.1, 0.15) is 5.82 Å². The molecule has 24 heavy (non-hydrogen) atoms. The van der Waals surface area contributed by atoms with Crippen LogP contribution in [0.2, 0.25) is 5.02 Å². The average molecular weight is 342 g/mol. The second kappa shape index (κ2) is 6.45. The summed E-state index contributed by atoms with van der Waals surface area (Å²) >= 11 is 6.05. The Morgan fingerprint density at radius 1 is 0.917 bits per heavy atom. The smallest absolute Gasteiger partial charge is 0.124 e. The molecule has 3 aromatic rings. The van der Waals surface area contributed by atoms with Crippen LogP contribution >= 0.6 is 11.6 Å². The zero-order chi connectivity index (χ0) is 17.4. The normalized spacial score (nSPS) is 11.3. The lowest BCUT2D eigenvalue weighted by Gasteiger charge is -2.17. The molecule has 2 aromatic carbocycles. The van der Waals surface area contributed by atoms with E-state index in [2.05, 4.69) is 31.4 Å². The number of rotatable bonds is 3. The van der Waals surface area contributed by atoms with Gasteiger partial charge in [-0.05, 0) is 74.7 Å². The Bertz CT molecular complexity index is 855. The minimum Gasteiger partial charge on any atom is -0.342 e. The summed E-state index contributed by atoms with van der Waals surface area (Å²) in [5.41, 5.74) is 6.21. The molecule has 1 nitrogen and oxygen atoms in total. The molecule has 0 aliphatic carbocycles. The van der Waals surface area contributed by atoms with Crippen LogP contribution in [-0.2, 0) is 0 Å². The average Bonchev–Trinajstić information content (AvgIpc) is 2.84. The summed E-state index contributed by atoms with van der Waals surface area (Å²) in [7, 11) is 0. The Morgan fingerprint density at radius 2 is 1.58 bits per heavy atom. The Morgan fingerprint density at radius 3 is 2.17 bits per heavy atom. The molecule has 1 heterocycles. The second-order valence-corrected chi connectivity index (χ2v) is 6.97. The Hall–Kier alpha value is -2.06. The molecule has 0 saturated carbocycles. The lowest BCUT2D eigenvalue weighted by Crippen LogP contribution is -2.05. The number of benzene rings is 2. The fourth-order valence-electron chi connectivity index (χ4n) is 3.33. The molecule has 3 rings (SSSR count). The van der Waals surface area contributed by atoms with Crippen LogP contribution in [0.15, 0.2) is 48.5 Å². The van der Waals surface area contributed by atoms with Gasteiger partial charge in [-0.1, -0.05) is 29.8 Å². The van der Waals surface area contributed by atoms with Crippen molar-refractivity contribution < 1.29 is 4.39 Å². The largest absolute Gasteiger partial charge is 0.342 e. The van der Waals surface area contributed by atoms with Gasteiger partial charge in [0.25, 0.3) is 0 Å². The summed E-state index contributed by atoms with van der Waals surface area (Å²) in [5.74, 6) is -0.206. The number of nitrogens with zero attached hydrogens (tertiary/aromatic N) is 1. The predicted octanol–water partition coefficient (Wildman–Crippen LogP) is 6.81. The molecule has 0 spiro atoms. The summed E-state index contributed by atoms with van der Waals surface area (Å²) in [6, 6.07) is 15.5. The lowest BCUT2D eigenvalue weighted by atomic mass is 9.99. The second-order valence-electron chi connectivity index (χ2n) is 6.54. The highest BCUT2D eigenvalue weighted by Gasteiger charge is 2.18. The molecule has 0 fully saturated rings. The minimum absolute atomic E-state index is 0.206. The standard InChI is InChI=1S/C21H21ClFN/c1-13(2)24-15(4)11-20(17-9-14(3)10-19(23)12-17)21(24)16-5-7-18(22)8-6-16/h5-13H,1-4H3. The Labute approximate surface area is 147 Å². The van der Waals surface area contributed by atoms with Crippen molar-refractivity contribution in [2.24, 2.45) is 0 Å². The zero-order valence-electron chi connectivity index (χ0n) is 14.4. The van der Waals surface area contributed by atoms with Gasteiger partial charge in [-0.3, -0.25) is 0 Å². The first kappa shape index (κ1) is 16.8. The van der Waals surface area contributed by atoms with Crippen LogP contribution in [0.4, 0.5) is 4.39 Å². The molecule has 0 aliphatic heterocycles. The molecule has 3 heteroatoms. The van der Waals surface area contributed by atoms with Gasteiger partial charge in [-0.15, -0.1) is 0 Å². The third kappa shape index (κ3) is 3.11. The molecule has 0 amide bonds. The first-order valence-corrected chi connectivity index (χ1v) is 8.50. The van der Waals surface area contributed by atoms with Crippen molar-refractivity contribution in [2.45, 2.75) is 33.7 Å². The van der Waals surface area contributed by atoms with Crippen molar-refractivity contribution in [3.8, 4) is 22.4 Å². The van der Waals surface area contributed by atoms with E-state index in [-0.39, 0.29) is 5.82 Å². The van der Waals surface area contributed by atoms with Crippen LogP contribution in [0.1, 0.15) is 31.1 Å². The summed E-state index contributed by atoms with van der Waals surface area (Å²) in [4.78, 5) is 0. The van der Waals surface area contributed by atoms with Gasteiger partial charge in [0.2, 0.25) is 0 Å². The number of aryl methyl sites for hydroxylation is 2. The van der Waals surface area contributed by atoms with Crippen LogP contribution in [0.3, 0.4) is 0 Å². The molecular weight excluding hydrogens is 321 g/mol. The maximum atomic E-state index is 13.9. The molecule has 0 radical (unpaired) electrons. The van der Waals surface area contributed by atoms with Crippen LogP contribution in [0, 0.1) is 19.7 Å². The Kier molecular flexibility index (Phi) is 4.51. The van der Waals surface area contributed by atoms with Crippen molar-refractivity contribution in [1.82, 2.24) is 4.57 Å². The SMILES string of the molecule is Cc1cc(F)cc(-c2cc(C)n(C(C)C)c2-c2ccc(Cl)cc2)c1. The fraction of sp³-hybridized carbons (Fsp3) is 0.238. The molecular formula is C21H21ClFN. The molecule has 124 valence electrons. The van der Waals surface area contributed by atoms with Crippen molar-refractivity contribution in [3.63, 3.8) is 0 Å². The molecule has 0 atom stereocenters. The third-order valence-corrected chi connectivity index (χ3v) is 4.47. The van der Waals surface area contributed by atoms with Gasteiger partial charge in [-0.2, -0.15) is 0 Å². The quantitative estimate of drug-likeness (QED) is 0.493. The molecule has 0 N–H and O–H groups in total. The van der Waals surface area contributed by atoms with Crippen LogP contribution in [0.25, 0.3) is 22.4 Å². The number of hydrogen-bond acceptors (Lipinski definition) is 0. The van der Waals surface area contributed by atoms with Gasteiger partial charge < -0.3 is 4.57 Å². The summed E-state index contributed by atoms with van der Waals surface area (Å²) in [5, 5.41) is 0.710. The third-order valence-electron chi connectivity index (χ3n) is 4.22. The van der Waals surface area contributed by atoms with Gasteiger partial charge in [-0.25, -0.2) is 4.39 Å². The zero-order valence-corrected chi connectivity index (χ0v) is 15.2. The van der Waals surface area contributed by atoms with Crippen molar-refractivity contribution in [1.29, 1.82) is 0 Å². The molecule has 1 aromatic heterocycles. The number of halogens is 2. The van der Waals surface area contributed by atoms with Crippen LogP contribution in [0.5, 0.6) is 0 Å². The topological polar surface area (TPSA) is 4.93 Å². The van der Waals surface area contributed by atoms with E-state index in [1.165, 1.54) is 0 Å². The minimum atomic E-state index is -0.206. The number of aromatic nitrogens is 1. The van der Waals surface area contributed by atoms with Gasteiger partial charge >= 0.3 is 0 Å². The van der Waals surface area contributed by atoms with Gasteiger partial charge in [0, 0.05) is 22.3 Å². The van der Waals surface area contributed by atoms with Gasteiger partial charge in [0.05, 0.1) is 5.69 Å². The van der Waals surface area contributed by atoms with E-state index in [9.17, 15) is 4.39 Å². The summed E-state index contributed by atoms with van der Waals surface area (Å²) in [6.07, 6.45) is 0. The maximum absolute atomic E-state index is 13.9. The maximum Gasteiger partial charge on any atom is 0.124 e. The van der Waals surface area contributed by atoms with E-state index in [0.29, 0.717) is 11.1 Å². The lowest BCUT2D eigenvalue weighted by molar-refractivity contribution is 0.595. The van der Waals surface area contributed by atoms with Crippen LogP contribution < -0.4 is 0 Å². The highest BCUT2D eigenvalue weighted by Crippen LogP contribution is 2.38. The predicted molar refractivity (Wildman–Crippen MR) is 100 cm³/mol. The summed E-state index contributed by atoms with van der Waals surface area (Å²) < 4.78 is 16.2. The van der Waals surface area contributed by atoms with E-state index in [1.807, 2.05) is 37.3 Å². The van der Waals surface area contributed by atoms with E-state index >= 15 is 0 Å². The molecule has 0 unspecified atom stereocenters. The number of hydrogen-bond donors (Lipinski definition) is 0. The highest BCUT2D eigenvalue weighted by atomic mass is 35.5. The van der Waals surface area contributed by atoms with E-state index in [4.69, 9.17) is 11.6 Å². The Balaban J connectivity index is 2.30. The van der Waals surface area contributed by atoms with E-state index in [0.717, 1.165) is 33.6 Å². The van der Waals surface area contributed by atoms with Crippen molar-refractivity contribution in [3.05, 3.63) is 70.6 Å². The first-order chi connectivity index (χ1) is 11.4. The molecule has 0 aliphatic rings.